The Hall–Kier alpha value is -3.33. The average molecular weight is 535 g/mol. The van der Waals surface area contributed by atoms with E-state index in [1.54, 1.807) is 19.2 Å². The van der Waals surface area contributed by atoms with Gasteiger partial charge in [0.05, 0.1) is 19.8 Å². The third-order valence-corrected chi connectivity index (χ3v) is 9.38. The van der Waals surface area contributed by atoms with Crippen molar-refractivity contribution >= 4 is 23.4 Å². The largest absolute Gasteiger partial charge is 0.496 e. The summed E-state index contributed by atoms with van der Waals surface area (Å²) >= 11 is 0. The highest BCUT2D eigenvalue weighted by Crippen LogP contribution is 2.55. The van der Waals surface area contributed by atoms with Gasteiger partial charge < -0.3 is 29.7 Å². The number of aromatic nitrogens is 1. The Balaban J connectivity index is 1.12. The molecule has 3 atom stereocenters. The summed E-state index contributed by atoms with van der Waals surface area (Å²) in [6.07, 6.45) is 4.75. The van der Waals surface area contributed by atoms with Gasteiger partial charge in [0, 0.05) is 43.5 Å². The number of methoxy groups -OCH3 is 2. The summed E-state index contributed by atoms with van der Waals surface area (Å²) in [5, 5.41) is 14.2. The fourth-order valence-electron chi connectivity index (χ4n) is 7.84. The molecule has 1 amide bonds. The predicted octanol–water partition coefficient (Wildman–Crippen LogP) is 3.26. The summed E-state index contributed by atoms with van der Waals surface area (Å²) in [6, 6.07) is 11.5. The van der Waals surface area contributed by atoms with Crippen molar-refractivity contribution in [1.82, 2.24) is 10.3 Å². The molecular formula is C30H38N4O5. The van der Waals surface area contributed by atoms with Crippen LogP contribution in [-0.4, -0.2) is 73.5 Å². The van der Waals surface area contributed by atoms with Gasteiger partial charge in [0.1, 0.15) is 22.8 Å². The second-order valence-corrected chi connectivity index (χ2v) is 11.9. The van der Waals surface area contributed by atoms with Gasteiger partial charge in [0.15, 0.2) is 0 Å². The van der Waals surface area contributed by atoms with Crippen molar-refractivity contribution < 1.29 is 24.2 Å². The third kappa shape index (κ3) is 4.81. The Morgan fingerprint density at radius 2 is 1.85 bits per heavy atom. The van der Waals surface area contributed by atoms with Crippen molar-refractivity contribution in [2.45, 2.75) is 56.7 Å². The van der Waals surface area contributed by atoms with Crippen LogP contribution in [0.3, 0.4) is 0 Å². The van der Waals surface area contributed by atoms with Gasteiger partial charge in [-0.1, -0.05) is 6.07 Å². The van der Waals surface area contributed by atoms with Crippen molar-refractivity contribution in [2.75, 3.05) is 43.7 Å². The number of amides is 1. The summed E-state index contributed by atoms with van der Waals surface area (Å²) in [5.41, 5.74) is 1.31. The van der Waals surface area contributed by atoms with E-state index < -0.39 is 11.6 Å². The molecule has 5 fully saturated rings. The molecule has 1 aliphatic heterocycles. The average Bonchev–Trinajstić information content (AvgIpc) is 2.93. The number of esters is 1. The molecule has 2 unspecified atom stereocenters. The van der Waals surface area contributed by atoms with Crippen LogP contribution in [0.25, 0.3) is 0 Å². The van der Waals surface area contributed by atoms with Gasteiger partial charge in [0.2, 0.25) is 0 Å². The van der Waals surface area contributed by atoms with E-state index in [2.05, 4.69) is 22.0 Å². The number of nitrogens with zero attached hydrogens (tertiary/aromatic N) is 3. The van der Waals surface area contributed by atoms with Crippen LogP contribution >= 0.6 is 0 Å². The molecule has 208 valence electrons. The molecule has 0 radical (unpaired) electrons. The van der Waals surface area contributed by atoms with Gasteiger partial charge in [-0.2, -0.15) is 0 Å². The molecule has 1 aromatic heterocycles. The van der Waals surface area contributed by atoms with E-state index in [0.717, 1.165) is 63.2 Å². The number of hydrogen-bond acceptors (Lipinski definition) is 8. The van der Waals surface area contributed by atoms with Crippen molar-refractivity contribution in [1.29, 1.82) is 0 Å². The summed E-state index contributed by atoms with van der Waals surface area (Å²) in [6.45, 7) is 4.42. The van der Waals surface area contributed by atoms with Crippen LogP contribution in [0.4, 0.5) is 11.5 Å². The van der Waals surface area contributed by atoms with E-state index in [0.29, 0.717) is 34.8 Å². The highest BCUT2D eigenvalue weighted by atomic mass is 16.5. The molecular weight excluding hydrogens is 496 g/mol. The molecule has 9 nitrogen and oxygen atoms in total. The number of rotatable bonds is 6. The second-order valence-electron chi connectivity index (χ2n) is 11.9. The standard InChI is InChI=1S/C30H38N4O5/c1-18-17-33(22-7-8-23(29(36)39-3)25(13-22)38-2)9-10-34(18)26-6-4-5-24(31-26)28(35)32-27-20-11-19-12-21(27)16-30(37,14-19)15-20/h4-8,13,18-21,27,37H,9-12,14-17H2,1-3H3,(H,32,35)/t18-,19?,20?,21?,27-,30-/m1/s1. The first kappa shape index (κ1) is 25.9. The van der Waals surface area contributed by atoms with E-state index in [9.17, 15) is 14.7 Å². The number of carbonyl (C=O) groups is 2. The molecule has 5 aliphatic rings. The lowest BCUT2D eigenvalue weighted by Crippen LogP contribution is -2.61. The zero-order valence-electron chi connectivity index (χ0n) is 22.9. The summed E-state index contributed by atoms with van der Waals surface area (Å²) in [4.78, 5) is 34.6. The van der Waals surface area contributed by atoms with E-state index in [1.807, 2.05) is 24.3 Å². The summed E-state index contributed by atoms with van der Waals surface area (Å²) in [7, 11) is 2.91. The van der Waals surface area contributed by atoms with Crippen LogP contribution < -0.4 is 19.9 Å². The molecule has 0 spiro atoms. The van der Waals surface area contributed by atoms with Crippen LogP contribution in [0, 0.1) is 17.8 Å². The highest BCUT2D eigenvalue weighted by molar-refractivity contribution is 5.93. The van der Waals surface area contributed by atoms with Crippen molar-refractivity contribution in [3.8, 4) is 5.75 Å². The number of pyridine rings is 1. The first-order valence-electron chi connectivity index (χ1n) is 14.0. The lowest BCUT2D eigenvalue weighted by molar-refractivity contribution is -0.136. The number of aliphatic hydroxyl groups is 1. The molecule has 39 heavy (non-hydrogen) atoms. The van der Waals surface area contributed by atoms with E-state index in [4.69, 9.17) is 14.5 Å². The minimum absolute atomic E-state index is 0.120. The Bertz CT molecular complexity index is 1250. The van der Waals surface area contributed by atoms with E-state index >= 15 is 0 Å². The minimum atomic E-state index is -0.511. The van der Waals surface area contributed by atoms with Crippen LogP contribution in [-0.2, 0) is 4.74 Å². The van der Waals surface area contributed by atoms with Gasteiger partial charge in [0.25, 0.3) is 5.91 Å². The summed E-state index contributed by atoms with van der Waals surface area (Å²) < 4.78 is 10.3. The Labute approximate surface area is 229 Å². The zero-order chi connectivity index (χ0) is 27.3. The van der Waals surface area contributed by atoms with Crippen LogP contribution in [0.2, 0.25) is 0 Å². The second kappa shape index (κ2) is 10.0. The van der Waals surface area contributed by atoms with E-state index in [1.165, 1.54) is 7.11 Å². The Morgan fingerprint density at radius 3 is 2.51 bits per heavy atom. The Morgan fingerprint density at radius 1 is 1.08 bits per heavy atom. The Kier molecular flexibility index (Phi) is 6.65. The van der Waals surface area contributed by atoms with Crippen LogP contribution in [0.1, 0.15) is 59.9 Å². The number of ether oxygens (including phenoxy) is 2. The molecule has 2 aromatic rings. The fourth-order valence-corrected chi connectivity index (χ4v) is 7.84. The maximum absolute atomic E-state index is 13.3. The van der Waals surface area contributed by atoms with Crippen molar-refractivity contribution in [3.05, 3.63) is 47.7 Å². The van der Waals surface area contributed by atoms with Gasteiger partial charge >= 0.3 is 5.97 Å². The number of nitrogens with one attached hydrogen (secondary N) is 1. The molecule has 1 aromatic carbocycles. The highest BCUT2D eigenvalue weighted by Gasteiger charge is 2.55. The molecule has 2 heterocycles. The maximum Gasteiger partial charge on any atom is 0.341 e. The van der Waals surface area contributed by atoms with Crippen LogP contribution in [0.5, 0.6) is 5.75 Å². The quantitative estimate of drug-likeness (QED) is 0.545. The molecule has 4 saturated carbocycles. The first-order chi connectivity index (χ1) is 18.8. The third-order valence-electron chi connectivity index (χ3n) is 9.38. The number of piperazine rings is 1. The maximum atomic E-state index is 13.3. The van der Waals surface area contributed by atoms with Crippen LogP contribution in [0.15, 0.2) is 36.4 Å². The van der Waals surface area contributed by atoms with Gasteiger partial charge in [-0.15, -0.1) is 0 Å². The lowest BCUT2D eigenvalue weighted by atomic mass is 9.52. The SMILES string of the molecule is COC(=O)c1ccc(N2CCN(c3cccc(C(=O)N[C@H]4C5CC6CC4C[C@](O)(C6)C5)n3)[C@H](C)C2)cc1OC. The normalized spacial score (nSPS) is 31.2. The molecule has 4 aliphatic carbocycles. The molecule has 1 saturated heterocycles. The van der Waals surface area contributed by atoms with Gasteiger partial charge in [-0.05, 0) is 81.0 Å². The van der Waals surface area contributed by atoms with Crippen molar-refractivity contribution in [2.24, 2.45) is 17.8 Å². The molecule has 9 heteroatoms. The number of carbonyl (C=O) groups excluding carboxylic acids is 2. The van der Waals surface area contributed by atoms with Crippen molar-refractivity contribution in [3.63, 3.8) is 0 Å². The molecule has 2 N–H and O–H groups in total. The summed E-state index contributed by atoms with van der Waals surface area (Å²) in [5.74, 6) is 2.08. The topological polar surface area (TPSA) is 104 Å². The van der Waals surface area contributed by atoms with Gasteiger partial charge in [-0.25, -0.2) is 9.78 Å². The predicted molar refractivity (Wildman–Crippen MR) is 147 cm³/mol. The fraction of sp³-hybridized carbons (Fsp3) is 0.567. The number of hydrogen-bond donors (Lipinski definition) is 2. The minimum Gasteiger partial charge on any atom is -0.496 e. The first-order valence-corrected chi connectivity index (χ1v) is 14.0. The van der Waals surface area contributed by atoms with E-state index in [-0.39, 0.29) is 18.0 Å². The number of anilines is 2. The lowest BCUT2D eigenvalue weighted by Gasteiger charge is -2.58. The monoisotopic (exact) mass is 534 g/mol. The van der Waals surface area contributed by atoms with Gasteiger partial charge in [-0.3, -0.25) is 4.79 Å². The molecule has 7 rings (SSSR count). The molecule has 4 bridgehead atoms. The smallest absolute Gasteiger partial charge is 0.341 e. The number of benzene rings is 1. The zero-order valence-corrected chi connectivity index (χ0v) is 22.9.